The maximum absolute atomic E-state index is 13.1. The van der Waals surface area contributed by atoms with Crippen molar-refractivity contribution >= 4 is 44.7 Å². The predicted octanol–water partition coefficient (Wildman–Crippen LogP) is 3.78. The maximum atomic E-state index is 13.1. The number of halogens is 2. The molecule has 0 saturated carbocycles. The molecule has 6 heteroatoms. The first-order valence-electron chi connectivity index (χ1n) is 6.05. The summed E-state index contributed by atoms with van der Waals surface area (Å²) in [7, 11) is 0. The van der Waals surface area contributed by atoms with E-state index in [1.807, 2.05) is 0 Å². The van der Waals surface area contributed by atoms with Crippen LogP contribution in [-0.4, -0.2) is 10.9 Å². The molecule has 0 radical (unpaired) electrons. The van der Waals surface area contributed by atoms with E-state index in [0.717, 1.165) is 4.47 Å². The molecule has 0 atom stereocenters. The Hall–Kier alpha value is -1.79. The third-order valence-corrected chi connectivity index (χ3v) is 3.64. The molecule has 108 valence electrons. The predicted molar refractivity (Wildman–Crippen MR) is 89.1 cm³/mol. The Balaban J connectivity index is 2.34. The summed E-state index contributed by atoms with van der Waals surface area (Å²) >= 11 is 8.30. The molecule has 3 nitrogen and oxygen atoms in total. The zero-order valence-corrected chi connectivity index (χ0v) is 13.5. The zero-order chi connectivity index (χ0) is 15.6. The van der Waals surface area contributed by atoms with Gasteiger partial charge in [-0.1, -0.05) is 28.1 Å². The van der Waals surface area contributed by atoms with Crippen molar-refractivity contribution < 1.29 is 9.18 Å². The second-order valence-corrected chi connectivity index (χ2v) is 5.82. The largest absolute Gasteiger partial charge is 0.389 e. The van der Waals surface area contributed by atoms with E-state index in [2.05, 4.69) is 21.2 Å². The molecule has 3 N–H and O–H groups in total. The quantitative estimate of drug-likeness (QED) is 0.812. The van der Waals surface area contributed by atoms with E-state index >= 15 is 0 Å². The van der Waals surface area contributed by atoms with Gasteiger partial charge in [0.2, 0.25) is 0 Å². The number of nitrogens with two attached hydrogens (primary N) is 1. The van der Waals surface area contributed by atoms with Crippen molar-refractivity contribution in [2.75, 3.05) is 5.32 Å². The number of amides is 1. The lowest BCUT2D eigenvalue weighted by atomic mass is 10.1. The van der Waals surface area contributed by atoms with E-state index in [1.165, 1.54) is 18.2 Å². The second-order valence-electron chi connectivity index (χ2n) is 4.47. The van der Waals surface area contributed by atoms with Gasteiger partial charge in [-0.25, -0.2) is 4.39 Å². The number of thiocarbonyl (C=S) groups is 1. The molecule has 21 heavy (non-hydrogen) atoms. The summed E-state index contributed by atoms with van der Waals surface area (Å²) in [5.41, 5.74) is 7.69. The first-order chi connectivity index (χ1) is 9.88. The molecular weight excluding hydrogens is 355 g/mol. The number of hydrogen-bond acceptors (Lipinski definition) is 2. The highest BCUT2D eigenvalue weighted by Gasteiger charge is 2.13. The van der Waals surface area contributed by atoms with Crippen molar-refractivity contribution in [1.82, 2.24) is 0 Å². The Morgan fingerprint density at radius 1 is 1.24 bits per heavy atom. The molecule has 0 aliphatic carbocycles. The number of carbonyl (C=O) groups excluding carboxylic acids is 1. The maximum Gasteiger partial charge on any atom is 0.255 e. The molecule has 0 aromatic heterocycles. The number of aryl methyl sites for hydroxylation is 1. The minimum Gasteiger partial charge on any atom is -0.389 e. The Kier molecular flexibility index (Phi) is 4.69. The van der Waals surface area contributed by atoms with Crippen LogP contribution in [0.5, 0.6) is 0 Å². The van der Waals surface area contributed by atoms with Gasteiger partial charge in [0, 0.05) is 15.6 Å². The molecule has 2 aromatic carbocycles. The van der Waals surface area contributed by atoms with Gasteiger partial charge in [0.05, 0.1) is 5.69 Å². The molecule has 0 spiro atoms. The Labute approximate surface area is 135 Å². The Morgan fingerprint density at radius 2 is 1.95 bits per heavy atom. The highest BCUT2D eigenvalue weighted by atomic mass is 79.9. The first kappa shape index (κ1) is 15.6. The average Bonchev–Trinajstić information content (AvgIpc) is 2.40. The van der Waals surface area contributed by atoms with Gasteiger partial charge in [0.15, 0.2) is 0 Å². The lowest BCUT2D eigenvalue weighted by Gasteiger charge is -2.12. The van der Waals surface area contributed by atoms with Crippen molar-refractivity contribution in [2.45, 2.75) is 6.92 Å². The minimum atomic E-state index is -0.378. The van der Waals surface area contributed by atoms with Crippen LogP contribution >= 0.6 is 28.1 Å². The number of hydrogen-bond donors (Lipinski definition) is 2. The van der Waals surface area contributed by atoms with Gasteiger partial charge in [0.25, 0.3) is 5.91 Å². The number of anilines is 1. The van der Waals surface area contributed by atoms with Gasteiger partial charge >= 0.3 is 0 Å². The van der Waals surface area contributed by atoms with Gasteiger partial charge in [-0.05, 0) is 48.9 Å². The number of nitrogens with one attached hydrogen (secondary N) is 1. The summed E-state index contributed by atoms with van der Waals surface area (Å²) in [5.74, 6) is -0.719. The fraction of sp³-hybridized carbons (Fsp3) is 0.0667. The molecule has 0 fully saturated rings. The van der Waals surface area contributed by atoms with Crippen LogP contribution in [0.15, 0.2) is 40.9 Å². The van der Waals surface area contributed by atoms with Crippen LogP contribution in [0.4, 0.5) is 10.1 Å². The van der Waals surface area contributed by atoms with E-state index in [0.29, 0.717) is 22.4 Å². The molecule has 0 heterocycles. The van der Waals surface area contributed by atoms with Gasteiger partial charge in [-0.2, -0.15) is 0 Å². The first-order valence-corrected chi connectivity index (χ1v) is 7.25. The minimum absolute atomic E-state index is 0.183. The Bertz CT molecular complexity index is 734. The van der Waals surface area contributed by atoms with E-state index < -0.39 is 0 Å². The van der Waals surface area contributed by atoms with Crippen molar-refractivity contribution in [2.24, 2.45) is 5.73 Å². The summed E-state index contributed by atoms with van der Waals surface area (Å²) in [6, 6.07) is 9.21. The molecule has 0 unspecified atom stereocenters. The van der Waals surface area contributed by atoms with E-state index in [-0.39, 0.29) is 16.7 Å². The van der Waals surface area contributed by atoms with Gasteiger partial charge in [-0.3, -0.25) is 4.79 Å². The van der Waals surface area contributed by atoms with Crippen molar-refractivity contribution in [3.8, 4) is 0 Å². The highest BCUT2D eigenvalue weighted by molar-refractivity contribution is 9.10. The van der Waals surface area contributed by atoms with Gasteiger partial charge in [-0.15, -0.1) is 0 Å². The number of benzene rings is 2. The summed E-state index contributed by atoms with van der Waals surface area (Å²) in [6.45, 7) is 1.67. The van der Waals surface area contributed by atoms with Crippen molar-refractivity contribution in [3.05, 3.63) is 63.4 Å². The van der Waals surface area contributed by atoms with Crippen LogP contribution in [0.3, 0.4) is 0 Å². The van der Waals surface area contributed by atoms with Gasteiger partial charge in [0.1, 0.15) is 10.8 Å². The summed E-state index contributed by atoms with van der Waals surface area (Å²) in [5, 5.41) is 2.75. The SMILES string of the molecule is Cc1cc(F)ccc1C(=O)Nc1ccc(Br)cc1C(N)=S. The number of carbonyl (C=O) groups is 1. The van der Waals surface area contributed by atoms with E-state index in [9.17, 15) is 9.18 Å². The van der Waals surface area contributed by atoms with Crippen LogP contribution in [-0.2, 0) is 0 Å². The van der Waals surface area contributed by atoms with Crippen molar-refractivity contribution in [1.29, 1.82) is 0 Å². The standard InChI is InChI=1S/C15H12BrFN2OS/c1-8-6-10(17)3-4-11(8)15(20)19-13-5-2-9(16)7-12(13)14(18)21/h2-7H,1H3,(H2,18,21)(H,19,20). The van der Waals surface area contributed by atoms with Crippen LogP contribution in [0.1, 0.15) is 21.5 Å². The summed E-state index contributed by atoms with van der Waals surface area (Å²) in [6.07, 6.45) is 0. The Morgan fingerprint density at radius 3 is 2.57 bits per heavy atom. The molecule has 1 amide bonds. The zero-order valence-electron chi connectivity index (χ0n) is 11.1. The smallest absolute Gasteiger partial charge is 0.255 e. The number of rotatable bonds is 3. The third kappa shape index (κ3) is 3.65. The average molecular weight is 367 g/mol. The molecule has 0 saturated heterocycles. The van der Waals surface area contributed by atoms with Crippen molar-refractivity contribution in [3.63, 3.8) is 0 Å². The topological polar surface area (TPSA) is 55.1 Å². The third-order valence-electron chi connectivity index (χ3n) is 2.93. The summed E-state index contributed by atoms with van der Waals surface area (Å²) < 4.78 is 13.9. The van der Waals surface area contributed by atoms with Crippen LogP contribution in [0.25, 0.3) is 0 Å². The molecule has 0 bridgehead atoms. The van der Waals surface area contributed by atoms with Crippen LogP contribution in [0.2, 0.25) is 0 Å². The van der Waals surface area contributed by atoms with Gasteiger partial charge < -0.3 is 11.1 Å². The lowest BCUT2D eigenvalue weighted by molar-refractivity contribution is 0.102. The van der Waals surface area contributed by atoms with E-state index in [1.54, 1.807) is 25.1 Å². The lowest BCUT2D eigenvalue weighted by Crippen LogP contribution is -2.18. The fourth-order valence-corrected chi connectivity index (χ4v) is 2.43. The second kappa shape index (κ2) is 6.32. The summed E-state index contributed by atoms with van der Waals surface area (Å²) in [4.78, 5) is 12.5. The molecule has 0 aliphatic rings. The fourth-order valence-electron chi connectivity index (χ4n) is 1.90. The molecular formula is C15H12BrFN2OS. The molecule has 0 aliphatic heterocycles. The van der Waals surface area contributed by atoms with Crippen LogP contribution < -0.4 is 11.1 Å². The molecule has 2 aromatic rings. The molecule has 2 rings (SSSR count). The monoisotopic (exact) mass is 366 g/mol. The van der Waals surface area contributed by atoms with Crippen LogP contribution in [0, 0.1) is 12.7 Å². The van der Waals surface area contributed by atoms with E-state index in [4.69, 9.17) is 18.0 Å². The normalized spacial score (nSPS) is 10.2. The highest BCUT2D eigenvalue weighted by Crippen LogP contribution is 2.22.